The first-order chi connectivity index (χ1) is 15.1. The number of carbonyl (C=O) groups is 1. The fourth-order valence-corrected chi connectivity index (χ4v) is 4.24. The summed E-state index contributed by atoms with van der Waals surface area (Å²) in [6.45, 7) is 3.02. The molecular weight excluding hydrogens is 392 g/mol. The van der Waals surface area contributed by atoms with Gasteiger partial charge < -0.3 is 20.1 Å². The van der Waals surface area contributed by atoms with Crippen molar-refractivity contribution in [3.63, 3.8) is 0 Å². The second-order valence-electron chi connectivity index (χ2n) is 7.65. The van der Waals surface area contributed by atoms with Gasteiger partial charge in [0.25, 0.3) is 5.91 Å². The number of nitrogens with two attached hydrogens (primary N) is 1. The Labute approximate surface area is 179 Å². The highest BCUT2D eigenvalue weighted by Gasteiger charge is 2.29. The normalized spacial score (nSPS) is 14.1. The van der Waals surface area contributed by atoms with Crippen molar-refractivity contribution >= 4 is 11.7 Å². The molecule has 1 aromatic heterocycles. The summed E-state index contributed by atoms with van der Waals surface area (Å²) in [5.41, 5.74) is 11.3. The average Bonchev–Trinajstić information content (AvgIpc) is 3.24. The highest BCUT2D eigenvalue weighted by Crippen LogP contribution is 2.42. The van der Waals surface area contributed by atoms with Crippen molar-refractivity contribution in [3.05, 3.63) is 70.4 Å². The number of hydrogen-bond acceptors (Lipinski definition) is 6. The highest BCUT2D eigenvalue weighted by molar-refractivity contribution is 5.94. The number of fused-ring (bicyclic) bond motifs is 2. The van der Waals surface area contributed by atoms with E-state index in [1.165, 1.54) is 0 Å². The standard InChI is InChI=1S/C24H20N4O3/c1-14-9-20-21(31-13-30-20)10-16(14)22-17(11-25)23(26)27-19-7-8-28(12-18(19)22)24(29)15-5-3-2-4-6-15/h2-6,9-10H,7-8,12-13H2,1H3,(H2,26,27). The van der Waals surface area contributed by atoms with Gasteiger partial charge in [-0.15, -0.1) is 0 Å². The summed E-state index contributed by atoms with van der Waals surface area (Å²) in [5.74, 6) is 1.46. The van der Waals surface area contributed by atoms with E-state index in [1.807, 2.05) is 49.4 Å². The minimum atomic E-state index is -0.0464. The number of nitrogens with zero attached hydrogens (tertiary/aromatic N) is 3. The maximum absolute atomic E-state index is 13.1. The molecule has 31 heavy (non-hydrogen) atoms. The molecule has 3 heterocycles. The van der Waals surface area contributed by atoms with E-state index in [0.29, 0.717) is 47.7 Å². The van der Waals surface area contributed by atoms with Crippen LogP contribution in [0.5, 0.6) is 11.5 Å². The third-order valence-corrected chi connectivity index (χ3v) is 5.79. The Morgan fingerprint density at radius 3 is 2.68 bits per heavy atom. The average molecular weight is 412 g/mol. The van der Waals surface area contributed by atoms with E-state index >= 15 is 0 Å². The Morgan fingerprint density at radius 2 is 1.94 bits per heavy atom. The van der Waals surface area contributed by atoms with Crippen LogP contribution >= 0.6 is 0 Å². The van der Waals surface area contributed by atoms with Gasteiger partial charge in [0.15, 0.2) is 11.5 Å². The van der Waals surface area contributed by atoms with Crippen LogP contribution in [0, 0.1) is 18.3 Å². The lowest BCUT2D eigenvalue weighted by Crippen LogP contribution is -2.37. The van der Waals surface area contributed by atoms with Gasteiger partial charge >= 0.3 is 0 Å². The molecule has 2 aliphatic rings. The second-order valence-corrected chi connectivity index (χ2v) is 7.65. The third-order valence-electron chi connectivity index (χ3n) is 5.79. The second kappa shape index (κ2) is 7.33. The van der Waals surface area contributed by atoms with E-state index in [2.05, 4.69) is 11.1 Å². The van der Waals surface area contributed by atoms with Gasteiger partial charge in [0.2, 0.25) is 6.79 Å². The SMILES string of the molecule is Cc1cc2c(cc1-c1c(C#N)c(N)nc3c1CN(C(=O)c1ccccc1)CC3)OCO2. The van der Waals surface area contributed by atoms with Crippen molar-refractivity contribution in [1.82, 2.24) is 9.88 Å². The molecule has 0 unspecified atom stereocenters. The van der Waals surface area contributed by atoms with Gasteiger partial charge in [-0.25, -0.2) is 4.98 Å². The lowest BCUT2D eigenvalue weighted by Gasteiger charge is -2.31. The zero-order valence-electron chi connectivity index (χ0n) is 17.0. The Balaban J connectivity index is 1.65. The Bertz CT molecular complexity index is 1250. The quantitative estimate of drug-likeness (QED) is 0.692. The molecule has 7 heteroatoms. The number of pyridine rings is 1. The van der Waals surface area contributed by atoms with Gasteiger partial charge in [-0.05, 0) is 42.3 Å². The number of ether oxygens (including phenoxy) is 2. The van der Waals surface area contributed by atoms with Crippen LogP contribution in [0.3, 0.4) is 0 Å². The van der Waals surface area contributed by atoms with Crippen LogP contribution in [0.1, 0.15) is 32.7 Å². The molecule has 5 rings (SSSR count). The van der Waals surface area contributed by atoms with E-state index in [0.717, 1.165) is 22.4 Å². The largest absolute Gasteiger partial charge is 0.454 e. The van der Waals surface area contributed by atoms with E-state index in [4.69, 9.17) is 15.2 Å². The van der Waals surface area contributed by atoms with E-state index in [9.17, 15) is 10.1 Å². The van der Waals surface area contributed by atoms with Crippen LogP contribution in [0.4, 0.5) is 5.82 Å². The number of carbonyl (C=O) groups excluding carboxylic acids is 1. The first-order valence-corrected chi connectivity index (χ1v) is 10.0. The molecule has 154 valence electrons. The van der Waals surface area contributed by atoms with Gasteiger partial charge in [0.05, 0.1) is 5.69 Å². The van der Waals surface area contributed by atoms with Crippen LogP contribution in [0.25, 0.3) is 11.1 Å². The molecule has 7 nitrogen and oxygen atoms in total. The van der Waals surface area contributed by atoms with Crippen molar-refractivity contribution in [2.75, 3.05) is 19.1 Å². The smallest absolute Gasteiger partial charge is 0.254 e. The summed E-state index contributed by atoms with van der Waals surface area (Å²) < 4.78 is 11.0. The Morgan fingerprint density at radius 1 is 1.19 bits per heavy atom. The molecule has 2 aliphatic heterocycles. The molecule has 0 atom stereocenters. The Kier molecular flexibility index (Phi) is 4.48. The molecule has 2 aromatic carbocycles. The molecule has 1 amide bonds. The number of rotatable bonds is 2. The van der Waals surface area contributed by atoms with Gasteiger partial charge in [-0.2, -0.15) is 5.26 Å². The summed E-state index contributed by atoms with van der Waals surface area (Å²) >= 11 is 0. The predicted octanol–water partition coefficient (Wildman–Crippen LogP) is 3.44. The molecule has 3 aromatic rings. The van der Waals surface area contributed by atoms with E-state index in [1.54, 1.807) is 4.90 Å². The summed E-state index contributed by atoms with van der Waals surface area (Å²) in [7, 11) is 0. The lowest BCUT2D eigenvalue weighted by molar-refractivity contribution is 0.0734. The van der Waals surface area contributed by atoms with Gasteiger partial charge in [0, 0.05) is 36.2 Å². The summed E-state index contributed by atoms with van der Waals surface area (Å²) in [6.07, 6.45) is 0.570. The summed E-state index contributed by atoms with van der Waals surface area (Å²) in [5, 5.41) is 9.89. The molecule has 0 spiro atoms. The number of aryl methyl sites for hydroxylation is 1. The lowest BCUT2D eigenvalue weighted by atomic mass is 9.88. The first-order valence-electron chi connectivity index (χ1n) is 10.0. The first kappa shape index (κ1) is 18.9. The molecular formula is C24H20N4O3. The van der Waals surface area contributed by atoms with Gasteiger partial charge in [0.1, 0.15) is 17.5 Å². The Hall–Kier alpha value is -4.05. The number of nitriles is 1. The predicted molar refractivity (Wildman–Crippen MR) is 115 cm³/mol. The number of nitrogen functional groups attached to an aromatic ring is 1. The topological polar surface area (TPSA) is 101 Å². The van der Waals surface area contributed by atoms with Gasteiger partial charge in [-0.3, -0.25) is 4.79 Å². The third kappa shape index (κ3) is 3.13. The van der Waals surface area contributed by atoms with Crippen LogP contribution in [0.2, 0.25) is 0 Å². The number of benzene rings is 2. The fraction of sp³-hybridized carbons (Fsp3) is 0.208. The fourth-order valence-electron chi connectivity index (χ4n) is 4.24. The molecule has 0 saturated carbocycles. The van der Waals surface area contributed by atoms with Crippen molar-refractivity contribution in [2.45, 2.75) is 19.9 Å². The molecule has 0 saturated heterocycles. The van der Waals surface area contributed by atoms with Crippen molar-refractivity contribution in [2.24, 2.45) is 0 Å². The summed E-state index contributed by atoms with van der Waals surface area (Å²) in [6, 6.07) is 15.2. The molecule has 0 fully saturated rings. The maximum atomic E-state index is 13.1. The molecule has 0 aliphatic carbocycles. The summed E-state index contributed by atoms with van der Waals surface area (Å²) in [4.78, 5) is 19.4. The minimum Gasteiger partial charge on any atom is -0.454 e. The van der Waals surface area contributed by atoms with Crippen LogP contribution in [-0.2, 0) is 13.0 Å². The molecule has 0 radical (unpaired) electrons. The monoisotopic (exact) mass is 412 g/mol. The number of anilines is 1. The van der Waals surface area contributed by atoms with Crippen molar-refractivity contribution < 1.29 is 14.3 Å². The van der Waals surface area contributed by atoms with Crippen LogP contribution in [0.15, 0.2) is 42.5 Å². The molecule has 0 bridgehead atoms. The van der Waals surface area contributed by atoms with Gasteiger partial charge in [-0.1, -0.05) is 18.2 Å². The highest BCUT2D eigenvalue weighted by atomic mass is 16.7. The number of aromatic nitrogens is 1. The van der Waals surface area contributed by atoms with Crippen molar-refractivity contribution in [1.29, 1.82) is 5.26 Å². The van der Waals surface area contributed by atoms with Crippen LogP contribution in [-0.4, -0.2) is 29.1 Å². The number of hydrogen-bond donors (Lipinski definition) is 1. The van der Waals surface area contributed by atoms with Crippen LogP contribution < -0.4 is 15.2 Å². The minimum absolute atomic E-state index is 0.0464. The zero-order valence-corrected chi connectivity index (χ0v) is 17.0. The van der Waals surface area contributed by atoms with E-state index in [-0.39, 0.29) is 18.5 Å². The maximum Gasteiger partial charge on any atom is 0.254 e. The van der Waals surface area contributed by atoms with E-state index < -0.39 is 0 Å². The number of amides is 1. The van der Waals surface area contributed by atoms with Crippen molar-refractivity contribution in [3.8, 4) is 28.7 Å². The molecule has 2 N–H and O–H groups in total. The zero-order chi connectivity index (χ0) is 21.5.